The van der Waals surface area contributed by atoms with Crippen molar-refractivity contribution in [1.82, 2.24) is 10.2 Å². The number of piperidine rings is 1. The smallest absolute Gasteiger partial charge is 0.246 e. The van der Waals surface area contributed by atoms with Crippen LogP contribution in [0, 0.1) is 0 Å². The first-order valence-electron chi connectivity index (χ1n) is 7.22. The Morgan fingerprint density at radius 2 is 2.22 bits per heavy atom. The molecule has 0 spiro atoms. The predicted molar refractivity (Wildman–Crippen MR) is 73.6 cm³/mol. The third-order valence-electron chi connectivity index (χ3n) is 3.43. The second-order valence-electron chi connectivity index (χ2n) is 5.44. The van der Waals surface area contributed by atoms with E-state index < -0.39 is 0 Å². The van der Waals surface area contributed by atoms with Gasteiger partial charge < -0.3 is 15.0 Å². The molecule has 1 amide bonds. The van der Waals surface area contributed by atoms with Gasteiger partial charge in [0.05, 0.1) is 6.10 Å². The molecule has 1 aliphatic rings. The molecule has 4 heteroatoms. The molecule has 0 bridgehead atoms. The fraction of sp³-hybridized carbons (Fsp3) is 0.929. The van der Waals surface area contributed by atoms with Crippen LogP contribution < -0.4 is 5.32 Å². The molecule has 1 N–H and O–H groups in total. The second-order valence-corrected chi connectivity index (χ2v) is 5.44. The quantitative estimate of drug-likeness (QED) is 0.706. The number of carbonyl (C=O) groups is 1. The SMILES string of the molecule is CC(C)OCC(=O)NCCCN1CCCCC1C. The molecule has 1 fully saturated rings. The Labute approximate surface area is 111 Å². The Balaban J connectivity index is 2.02. The molecule has 0 saturated carbocycles. The molecule has 0 aromatic heterocycles. The Morgan fingerprint density at radius 1 is 1.44 bits per heavy atom. The zero-order chi connectivity index (χ0) is 13.4. The summed E-state index contributed by atoms with van der Waals surface area (Å²) in [4.78, 5) is 13.9. The summed E-state index contributed by atoms with van der Waals surface area (Å²) in [5.74, 6) is -0.00427. The van der Waals surface area contributed by atoms with E-state index in [1.54, 1.807) is 0 Å². The fourth-order valence-electron chi connectivity index (χ4n) is 2.29. The molecule has 1 unspecified atom stereocenters. The maximum atomic E-state index is 11.4. The number of hydrogen-bond acceptors (Lipinski definition) is 3. The first kappa shape index (κ1) is 15.4. The molecule has 1 atom stereocenters. The molecule has 1 rings (SSSR count). The standard InChI is InChI=1S/C14H28N2O2/c1-12(2)18-11-14(17)15-8-6-10-16-9-5-4-7-13(16)3/h12-13H,4-11H2,1-3H3,(H,15,17). The average molecular weight is 256 g/mol. The van der Waals surface area contributed by atoms with E-state index >= 15 is 0 Å². The van der Waals surface area contributed by atoms with Gasteiger partial charge in [-0.25, -0.2) is 0 Å². The van der Waals surface area contributed by atoms with Gasteiger partial charge in [-0.1, -0.05) is 6.42 Å². The lowest BCUT2D eigenvalue weighted by Gasteiger charge is -2.33. The molecule has 1 saturated heterocycles. The summed E-state index contributed by atoms with van der Waals surface area (Å²) in [7, 11) is 0. The van der Waals surface area contributed by atoms with Crippen LogP contribution in [-0.4, -0.2) is 49.2 Å². The Morgan fingerprint density at radius 3 is 2.89 bits per heavy atom. The number of carbonyl (C=O) groups excluding carboxylic acids is 1. The maximum absolute atomic E-state index is 11.4. The molecule has 106 valence electrons. The lowest BCUT2D eigenvalue weighted by Crippen LogP contribution is -2.39. The number of hydrogen-bond donors (Lipinski definition) is 1. The average Bonchev–Trinajstić information content (AvgIpc) is 2.34. The highest BCUT2D eigenvalue weighted by Gasteiger charge is 2.17. The first-order valence-corrected chi connectivity index (χ1v) is 7.22. The maximum Gasteiger partial charge on any atom is 0.246 e. The summed E-state index contributed by atoms with van der Waals surface area (Å²) in [6.07, 6.45) is 5.14. The fourth-order valence-corrected chi connectivity index (χ4v) is 2.29. The van der Waals surface area contributed by atoms with Crippen molar-refractivity contribution < 1.29 is 9.53 Å². The molecule has 0 radical (unpaired) electrons. The summed E-state index contributed by atoms with van der Waals surface area (Å²) in [5, 5.41) is 2.90. The van der Waals surface area contributed by atoms with Gasteiger partial charge in [-0.15, -0.1) is 0 Å². The number of nitrogens with zero attached hydrogens (tertiary/aromatic N) is 1. The van der Waals surface area contributed by atoms with Crippen molar-refractivity contribution in [2.45, 2.75) is 58.6 Å². The summed E-state index contributed by atoms with van der Waals surface area (Å²) < 4.78 is 5.25. The normalized spacial score (nSPS) is 21.2. The molecule has 4 nitrogen and oxygen atoms in total. The zero-order valence-electron chi connectivity index (χ0n) is 12.1. The number of rotatable bonds is 7. The zero-order valence-corrected chi connectivity index (χ0v) is 12.1. The monoisotopic (exact) mass is 256 g/mol. The van der Waals surface area contributed by atoms with Crippen molar-refractivity contribution in [2.75, 3.05) is 26.2 Å². The lowest BCUT2D eigenvalue weighted by atomic mass is 10.0. The number of nitrogens with one attached hydrogen (secondary N) is 1. The minimum Gasteiger partial charge on any atom is -0.369 e. The minimum atomic E-state index is -0.00427. The van der Waals surface area contributed by atoms with Gasteiger partial charge in [0.1, 0.15) is 6.61 Å². The first-order chi connectivity index (χ1) is 8.59. The van der Waals surface area contributed by atoms with Crippen LogP contribution in [0.4, 0.5) is 0 Å². The molecule has 18 heavy (non-hydrogen) atoms. The molecule has 0 aromatic carbocycles. The third kappa shape index (κ3) is 6.36. The predicted octanol–water partition coefficient (Wildman–Crippen LogP) is 1.79. The summed E-state index contributed by atoms with van der Waals surface area (Å²) in [6.45, 7) is 9.41. The van der Waals surface area contributed by atoms with Crippen molar-refractivity contribution in [3.8, 4) is 0 Å². The van der Waals surface area contributed by atoms with E-state index in [1.807, 2.05) is 13.8 Å². The van der Waals surface area contributed by atoms with Crippen LogP contribution in [0.5, 0.6) is 0 Å². The summed E-state index contributed by atoms with van der Waals surface area (Å²) in [6, 6.07) is 0.707. The highest BCUT2D eigenvalue weighted by Crippen LogP contribution is 2.15. The van der Waals surface area contributed by atoms with Crippen molar-refractivity contribution in [1.29, 1.82) is 0 Å². The van der Waals surface area contributed by atoms with E-state index in [-0.39, 0.29) is 18.6 Å². The van der Waals surface area contributed by atoms with Crippen molar-refractivity contribution >= 4 is 5.91 Å². The molecule has 0 aliphatic carbocycles. The van der Waals surface area contributed by atoms with Crippen LogP contribution >= 0.6 is 0 Å². The van der Waals surface area contributed by atoms with Crippen molar-refractivity contribution in [3.05, 3.63) is 0 Å². The topological polar surface area (TPSA) is 41.6 Å². The van der Waals surface area contributed by atoms with Crippen molar-refractivity contribution in [2.24, 2.45) is 0 Å². The van der Waals surface area contributed by atoms with Gasteiger partial charge in [0.25, 0.3) is 0 Å². The number of ether oxygens (including phenoxy) is 1. The van der Waals surface area contributed by atoms with E-state index in [9.17, 15) is 4.79 Å². The van der Waals surface area contributed by atoms with Gasteiger partial charge in [-0.05, 0) is 46.6 Å². The lowest BCUT2D eigenvalue weighted by molar-refractivity contribution is -0.127. The minimum absolute atomic E-state index is 0.00427. The van der Waals surface area contributed by atoms with Crippen LogP contribution in [0.25, 0.3) is 0 Å². The van der Waals surface area contributed by atoms with E-state index in [4.69, 9.17) is 4.74 Å². The van der Waals surface area contributed by atoms with Crippen LogP contribution in [0.3, 0.4) is 0 Å². The molecule has 1 heterocycles. The molecule has 1 aliphatic heterocycles. The van der Waals surface area contributed by atoms with Gasteiger partial charge in [0.2, 0.25) is 5.91 Å². The van der Waals surface area contributed by atoms with Crippen molar-refractivity contribution in [3.63, 3.8) is 0 Å². The summed E-state index contributed by atoms with van der Waals surface area (Å²) in [5.41, 5.74) is 0. The van der Waals surface area contributed by atoms with Gasteiger partial charge in [-0.3, -0.25) is 4.79 Å². The highest BCUT2D eigenvalue weighted by atomic mass is 16.5. The van der Waals surface area contributed by atoms with Gasteiger partial charge >= 0.3 is 0 Å². The van der Waals surface area contributed by atoms with E-state index in [0.717, 1.165) is 19.5 Å². The second kappa shape index (κ2) is 8.48. The van der Waals surface area contributed by atoms with Crippen LogP contribution in [0.1, 0.15) is 46.5 Å². The number of amides is 1. The van der Waals surface area contributed by atoms with Crippen LogP contribution in [0.2, 0.25) is 0 Å². The Kier molecular flexibility index (Phi) is 7.28. The third-order valence-corrected chi connectivity index (χ3v) is 3.43. The van der Waals surface area contributed by atoms with Crippen LogP contribution in [0.15, 0.2) is 0 Å². The van der Waals surface area contributed by atoms with Crippen LogP contribution in [-0.2, 0) is 9.53 Å². The van der Waals surface area contributed by atoms with Gasteiger partial charge in [0.15, 0.2) is 0 Å². The van der Waals surface area contributed by atoms with E-state index in [0.29, 0.717) is 6.04 Å². The van der Waals surface area contributed by atoms with E-state index in [1.165, 1.54) is 25.8 Å². The Hall–Kier alpha value is -0.610. The highest BCUT2D eigenvalue weighted by molar-refractivity contribution is 5.77. The molecular formula is C14H28N2O2. The largest absolute Gasteiger partial charge is 0.369 e. The Bertz CT molecular complexity index is 244. The summed E-state index contributed by atoms with van der Waals surface area (Å²) >= 11 is 0. The van der Waals surface area contributed by atoms with E-state index in [2.05, 4.69) is 17.1 Å². The van der Waals surface area contributed by atoms with Gasteiger partial charge in [-0.2, -0.15) is 0 Å². The molecular weight excluding hydrogens is 228 g/mol. The van der Waals surface area contributed by atoms with Gasteiger partial charge in [0, 0.05) is 19.1 Å². The molecule has 0 aromatic rings. The number of likely N-dealkylation sites (tertiary alicyclic amines) is 1.